The summed E-state index contributed by atoms with van der Waals surface area (Å²) in [4.78, 5) is 14.2. The van der Waals surface area contributed by atoms with Crippen LogP contribution < -0.4 is 0 Å². The number of likely N-dealkylation sites (tertiary alicyclic amines) is 1. The van der Waals surface area contributed by atoms with Gasteiger partial charge >= 0.3 is 13.2 Å². The highest BCUT2D eigenvalue weighted by molar-refractivity contribution is 6.51. The molecule has 0 N–H and O–H groups in total. The molecule has 0 radical (unpaired) electrons. The molecule has 2 saturated heterocycles. The highest BCUT2D eigenvalue weighted by Gasteiger charge is 2.73. The van der Waals surface area contributed by atoms with Crippen molar-refractivity contribution in [1.29, 1.82) is 0 Å². The van der Waals surface area contributed by atoms with E-state index in [1.807, 2.05) is 35.2 Å². The fourth-order valence-electron chi connectivity index (χ4n) is 3.92. The summed E-state index contributed by atoms with van der Waals surface area (Å²) in [5, 5.41) is -0.0587. The summed E-state index contributed by atoms with van der Waals surface area (Å²) >= 11 is 0. The summed E-state index contributed by atoms with van der Waals surface area (Å²) in [6.45, 7) is 9.98. The average molecular weight is 343 g/mol. The van der Waals surface area contributed by atoms with Gasteiger partial charge in [-0.1, -0.05) is 30.3 Å². The van der Waals surface area contributed by atoms with Gasteiger partial charge in [0.05, 0.1) is 11.2 Å². The van der Waals surface area contributed by atoms with Crippen LogP contribution in [0.1, 0.15) is 39.7 Å². The molecule has 2 unspecified atom stereocenters. The van der Waals surface area contributed by atoms with Gasteiger partial charge in [-0.05, 0) is 45.6 Å². The Morgan fingerprint density at radius 2 is 1.84 bits per heavy atom. The summed E-state index contributed by atoms with van der Waals surface area (Å²) in [6.07, 6.45) is 0.818. The van der Waals surface area contributed by atoms with Gasteiger partial charge in [0.1, 0.15) is 6.61 Å². The minimum Gasteiger partial charge on any atom is -0.445 e. The molecule has 2 atom stereocenters. The molecule has 0 bridgehead atoms. The van der Waals surface area contributed by atoms with Gasteiger partial charge in [0.15, 0.2) is 0 Å². The zero-order valence-electron chi connectivity index (χ0n) is 15.5. The van der Waals surface area contributed by atoms with Crippen LogP contribution in [0.25, 0.3) is 0 Å². The van der Waals surface area contributed by atoms with Crippen LogP contribution in [0.15, 0.2) is 30.3 Å². The second kappa shape index (κ2) is 5.48. The standard InChI is InChI=1S/C19H26BNO4/c1-17(2)18(3,4)25-20(24-17)19-10-15(19)11-21(13-19)16(22)23-12-14-8-6-5-7-9-14/h5-9,15H,10-13H2,1-4H3. The number of fused-ring (bicyclic) bond motifs is 1. The molecule has 0 aromatic heterocycles. The number of carbonyl (C=O) groups is 1. The molecule has 25 heavy (non-hydrogen) atoms. The van der Waals surface area contributed by atoms with Gasteiger partial charge in [0.2, 0.25) is 0 Å². The normalized spacial score (nSPS) is 31.8. The molecule has 134 valence electrons. The lowest BCUT2D eigenvalue weighted by atomic mass is 9.67. The molecule has 3 fully saturated rings. The number of rotatable bonds is 3. The monoisotopic (exact) mass is 343 g/mol. The smallest absolute Gasteiger partial charge is 0.445 e. The number of hydrogen-bond acceptors (Lipinski definition) is 4. The van der Waals surface area contributed by atoms with Crippen LogP contribution >= 0.6 is 0 Å². The Morgan fingerprint density at radius 1 is 1.20 bits per heavy atom. The van der Waals surface area contributed by atoms with Gasteiger partial charge in [-0.2, -0.15) is 0 Å². The average Bonchev–Trinajstić information content (AvgIpc) is 3.04. The van der Waals surface area contributed by atoms with Crippen molar-refractivity contribution in [1.82, 2.24) is 4.90 Å². The van der Waals surface area contributed by atoms with E-state index < -0.39 is 0 Å². The van der Waals surface area contributed by atoms with E-state index in [2.05, 4.69) is 27.7 Å². The zero-order valence-corrected chi connectivity index (χ0v) is 15.5. The number of ether oxygens (including phenoxy) is 1. The number of piperidine rings is 1. The fourth-order valence-corrected chi connectivity index (χ4v) is 3.92. The maximum atomic E-state index is 12.4. The van der Waals surface area contributed by atoms with Crippen LogP contribution in [0.4, 0.5) is 4.79 Å². The first-order valence-electron chi connectivity index (χ1n) is 9.05. The lowest BCUT2D eigenvalue weighted by Crippen LogP contribution is -2.41. The summed E-state index contributed by atoms with van der Waals surface area (Å²) in [5.74, 6) is 0.450. The number of nitrogens with zero attached hydrogens (tertiary/aromatic N) is 1. The third kappa shape index (κ3) is 2.76. The second-order valence-corrected chi connectivity index (χ2v) is 8.64. The summed E-state index contributed by atoms with van der Waals surface area (Å²) < 4.78 is 18.0. The first-order valence-corrected chi connectivity index (χ1v) is 9.05. The van der Waals surface area contributed by atoms with Crippen LogP contribution in [0.3, 0.4) is 0 Å². The van der Waals surface area contributed by atoms with Gasteiger partial charge in [-0.15, -0.1) is 0 Å². The minimum atomic E-state index is -0.333. The lowest BCUT2D eigenvalue weighted by Gasteiger charge is -2.32. The van der Waals surface area contributed by atoms with Crippen LogP contribution in [0, 0.1) is 5.92 Å². The summed E-state index contributed by atoms with van der Waals surface area (Å²) in [7, 11) is -0.241. The van der Waals surface area contributed by atoms with Crippen LogP contribution in [-0.2, 0) is 20.7 Å². The van der Waals surface area contributed by atoms with Crippen molar-refractivity contribution < 1.29 is 18.8 Å². The molecule has 3 aliphatic rings. The largest absolute Gasteiger partial charge is 0.466 e. The Labute approximate surface area is 149 Å². The van der Waals surface area contributed by atoms with Crippen LogP contribution in [0.5, 0.6) is 0 Å². The molecule has 2 heterocycles. The van der Waals surface area contributed by atoms with Crippen LogP contribution in [-0.4, -0.2) is 42.4 Å². The quantitative estimate of drug-likeness (QED) is 0.789. The molecule has 6 heteroatoms. The number of carbonyl (C=O) groups excluding carboxylic acids is 1. The Kier molecular flexibility index (Phi) is 3.71. The number of amides is 1. The first kappa shape index (κ1) is 16.9. The highest BCUT2D eigenvalue weighted by atomic mass is 16.7. The molecule has 5 nitrogen and oxygen atoms in total. The number of benzene rings is 1. The van der Waals surface area contributed by atoms with E-state index in [0.717, 1.165) is 18.5 Å². The van der Waals surface area contributed by atoms with Crippen LogP contribution in [0.2, 0.25) is 5.31 Å². The van der Waals surface area contributed by atoms with Crippen molar-refractivity contribution in [2.45, 2.75) is 57.2 Å². The molecular formula is C19H26BNO4. The zero-order chi connectivity index (χ0) is 17.9. The predicted molar refractivity (Wildman–Crippen MR) is 95.1 cm³/mol. The third-order valence-electron chi connectivity index (χ3n) is 6.39. The minimum absolute atomic E-state index is 0.0587. The molecule has 0 spiro atoms. The van der Waals surface area contributed by atoms with E-state index in [1.54, 1.807) is 0 Å². The van der Waals surface area contributed by atoms with Crippen molar-refractivity contribution in [3.05, 3.63) is 35.9 Å². The molecule has 1 aliphatic carbocycles. The van der Waals surface area contributed by atoms with Gasteiger partial charge in [0.25, 0.3) is 0 Å². The summed E-state index contributed by atoms with van der Waals surface area (Å²) in [6, 6.07) is 9.76. The highest BCUT2D eigenvalue weighted by Crippen LogP contribution is 2.68. The van der Waals surface area contributed by atoms with E-state index in [0.29, 0.717) is 19.1 Å². The molecule has 1 aromatic rings. The van der Waals surface area contributed by atoms with Gasteiger partial charge in [0, 0.05) is 18.4 Å². The maximum Gasteiger partial charge on any atom is 0.466 e. The maximum absolute atomic E-state index is 12.4. The van der Waals surface area contributed by atoms with Crippen molar-refractivity contribution in [3.63, 3.8) is 0 Å². The first-order chi connectivity index (χ1) is 11.7. The van der Waals surface area contributed by atoms with Crippen molar-refractivity contribution in [2.24, 2.45) is 5.92 Å². The Hall–Kier alpha value is -1.53. The van der Waals surface area contributed by atoms with E-state index >= 15 is 0 Å². The molecule has 1 amide bonds. The second-order valence-electron chi connectivity index (χ2n) is 8.64. The Bertz CT molecular complexity index is 661. The van der Waals surface area contributed by atoms with E-state index in [4.69, 9.17) is 14.0 Å². The molecule has 1 saturated carbocycles. The molecule has 1 aromatic carbocycles. The van der Waals surface area contributed by atoms with Crippen molar-refractivity contribution in [3.8, 4) is 0 Å². The molecule has 2 aliphatic heterocycles. The van der Waals surface area contributed by atoms with E-state index in [9.17, 15) is 4.79 Å². The molecular weight excluding hydrogens is 317 g/mol. The SMILES string of the molecule is CC1(C)OB(C23CC2CN(C(=O)OCc2ccccc2)C3)OC1(C)C. The summed E-state index contributed by atoms with van der Waals surface area (Å²) in [5.41, 5.74) is 0.336. The van der Waals surface area contributed by atoms with E-state index in [1.165, 1.54) is 0 Å². The Morgan fingerprint density at radius 3 is 2.48 bits per heavy atom. The lowest BCUT2D eigenvalue weighted by molar-refractivity contribution is 0.00578. The van der Waals surface area contributed by atoms with Gasteiger partial charge < -0.3 is 18.9 Å². The third-order valence-corrected chi connectivity index (χ3v) is 6.39. The number of hydrogen-bond donors (Lipinski definition) is 0. The van der Waals surface area contributed by atoms with Crippen molar-refractivity contribution >= 4 is 13.2 Å². The van der Waals surface area contributed by atoms with Gasteiger partial charge in [-0.3, -0.25) is 0 Å². The molecule has 4 rings (SSSR count). The predicted octanol–water partition coefficient (Wildman–Crippen LogP) is 3.49. The van der Waals surface area contributed by atoms with Gasteiger partial charge in [-0.25, -0.2) is 4.79 Å². The topological polar surface area (TPSA) is 48.0 Å². The van der Waals surface area contributed by atoms with Crippen molar-refractivity contribution in [2.75, 3.05) is 13.1 Å². The fraction of sp³-hybridized carbons (Fsp3) is 0.632. The Balaban J connectivity index is 1.37. The van der Waals surface area contributed by atoms with E-state index in [-0.39, 0.29) is 29.7 Å².